The van der Waals surface area contributed by atoms with Gasteiger partial charge in [0, 0.05) is 6.07 Å². The number of rotatable bonds is 6. The fourth-order valence-electron chi connectivity index (χ4n) is 4.00. The second-order valence-corrected chi connectivity index (χ2v) is 7.43. The zero-order chi connectivity index (χ0) is 17.2. The predicted octanol–water partition coefficient (Wildman–Crippen LogP) is 2.02. The highest BCUT2D eigenvalue weighted by Gasteiger charge is 2.35. The summed E-state index contributed by atoms with van der Waals surface area (Å²) in [5.74, 6) is 1.50. The topological polar surface area (TPSA) is 68.6 Å². The molecule has 1 amide bonds. The molecular formula is C18H28N4O3. The van der Waals surface area contributed by atoms with E-state index in [9.17, 15) is 4.79 Å². The lowest BCUT2D eigenvalue weighted by Gasteiger charge is -2.37. The summed E-state index contributed by atoms with van der Waals surface area (Å²) in [5.41, 5.74) is 0. The first-order valence-corrected chi connectivity index (χ1v) is 9.53. The first kappa shape index (κ1) is 17.0. The normalized spacial score (nSPS) is 26.7. The van der Waals surface area contributed by atoms with Crippen molar-refractivity contribution in [2.75, 3.05) is 31.6 Å². The number of hydrogen-bond donors (Lipinski definition) is 1. The van der Waals surface area contributed by atoms with Crippen LogP contribution in [0.2, 0.25) is 0 Å². The van der Waals surface area contributed by atoms with Gasteiger partial charge in [0.1, 0.15) is 5.82 Å². The van der Waals surface area contributed by atoms with E-state index in [0.29, 0.717) is 31.7 Å². The lowest BCUT2D eigenvalue weighted by Crippen LogP contribution is -2.50. The molecule has 7 nitrogen and oxygen atoms in total. The van der Waals surface area contributed by atoms with Crippen molar-refractivity contribution in [2.24, 2.45) is 5.92 Å². The van der Waals surface area contributed by atoms with Crippen molar-refractivity contribution in [3.8, 4) is 0 Å². The molecule has 1 aliphatic carbocycles. The van der Waals surface area contributed by atoms with Crippen LogP contribution in [-0.2, 0) is 14.3 Å². The molecule has 7 heteroatoms. The highest BCUT2D eigenvalue weighted by Crippen LogP contribution is 2.40. The molecule has 3 fully saturated rings. The van der Waals surface area contributed by atoms with Crippen molar-refractivity contribution in [3.63, 3.8) is 0 Å². The van der Waals surface area contributed by atoms with Crippen molar-refractivity contribution in [3.05, 3.63) is 12.3 Å². The predicted molar refractivity (Wildman–Crippen MR) is 93.2 cm³/mol. The molecule has 2 aliphatic heterocycles. The number of ether oxygens (including phenoxy) is 2. The molecule has 0 unspecified atom stereocenters. The summed E-state index contributed by atoms with van der Waals surface area (Å²) in [6.45, 7) is 4.77. The smallest absolute Gasteiger partial charge is 0.239 e. The van der Waals surface area contributed by atoms with Crippen LogP contribution in [0, 0.1) is 5.92 Å². The van der Waals surface area contributed by atoms with Crippen molar-refractivity contribution in [1.82, 2.24) is 14.7 Å². The monoisotopic (exact) mass is 348 g/mol. The van der Waals surface area contributed by atoms with Crippen LogP contribution in [0.1, 0.15) is 45.1 Å². The van der Waals surface area contributed by atoms with Crippen molar-refractivity contribution in [1.29, 1.82) is 0 Å². The van der Waals surface area contributed by atoms with E-state index < -0.39 is 0 Å². The van der Waals surface area contributed by atoms with Crippen molar-refractivity contribution >= 4 is 11.7 Å². The Hall–Kier alpha value is -1.44. The maximum atomic E-state index is 12.6. The first-order chi connectivity index (χ1) is 12.2. The van der Waals surface area contributed by atoms with Crippen LogP contribution in [0.25, 0.3) is 0 Å². The molecule has 0 bridgehead atoms. The van der Waals surface area contributed by atoms with E-state index in [1.54, 1.807) is 6.20 Å². The zero-order valence-electron chi connectivity index (χ0n) is 14.9. The van der Waals surface area contributed by atoms with Crippen LogP contribution in [0.15, 0.2) is 12.3 Å². The van der Waals surface area contributed by atoms with Crippen LogP contribution < -0.4 is 5.32 Å². The minimum absolute atomic E-state index is 0.00893. The number of nitrogens with zero attached hydrogens (tertiary/aromatic N) is 3. The number of likely N-dealkylation sites (tertiary alicyclic amines) is 1. The van der Waals surface area contributed by atoms with Gasteiger partial charge in [0.15, 0.2) is 6.29 Å². The van der Waals surface area contributed by atoms with E-state index in [1.165, 1.54) is 12.8 Å². The second-order valence-electron chi connectivity index (χ2n) is 7.43. The highest BCUT2D eigenvalue weighted by molar-refractivity contribution is 5.91. The molecular weight excluding hydrogens is 320 g/mol. The Bertz CT molecular complexity index is 595. The van der Waals surface area contributed by atoms with E-state index in [2.05, 4.69) is 22.2 Å². The summed E-state index contributed by atoms with van der Waals surface area (Å²) in [4.78, 5) is 14.8. The van der Waals surface area contributed by atoms with Gasteiger partial charge < -0.3 is 14.8 Å². The largest absolute Gasteiger partial charge is 0.349 e. The zero-order valence-corrected chi connectivity index (χ0v) is 14.9. The highest BCUT2D eigenvalue weighted by atomic mass is 16.7. The third kappa shape index (κ3) is 3.88. The minimum atomic E-state index is -0.187. The van der Waals surface area contributed by atoms with Crippen LogP contribution in [-0.4, -0.2) is 59.2 Å². The van der Waals surface area contributed by atoms with E-state index in [0.717, 1.165) is 31.6 Å². The molecule has 1 N–H and O–H groups in total. The number of piperidine rings is 1. The lowest BCUT2D eigenvalue weighted by atomic mass is 10.0. The number of carbonyl (C=O) groups excluding carboxylic acids is 1. The Morgan fingerprint density at radius 1 is 1.32 bits per heavy atom. The number of hydrogen-bond acceptors (Lipinski definition) is 5. The van der Waals surface area contributed by atoms with Crippen molar-refractivity contribution in [2.45, 2.75) is 57.4 Å². The average molecular weight is 348 g/mol. The molecule has 3 aliphatic rings. The van der Waals surface area contributed by atoms with Crippen LogP contribution in [0.3, 0.4) is 0 Å². The van der Waals surface area contributed by atoms with Gasteiger partial charge in [0.2, 0.25) is 5.91 Å². The lowest BCUT2D eigenvalue weighted by molar-refractivity contribution is -0.127. The second kappa shape index (κ2) is 7.43. The molecule has 138 valence electrons. The summed E-state index contributed by atoms with van der Waals surface area (Å²) in [6.07, 6.45) is 7.39. The SMILES string of the molecule is C[C@H](C1CC1)n1nccc1NC(=O)CN1CCCC[C@@H]1C1OCCO1. The third-order valence-corrected chi connectivity index (χ3v) is 5.60. The van der Waals surface area contributed by atoms with Crippen LogP contribution in [0.4, 0.5) is 5.82 Å². The molecule has 1 aromatic heterocycles. The number of amides is 1. The van der Waals surface area contributed by atoms with Gasteiger partial charge in [-0.2, -0.15) is 5.10 Å². The molecule has 3 heterocycles. The Kier molecular flexibility index (Phi) is 5.05. The van der Waals surface area contributed by atoms with Gasteiger partial charge in [-0.05, 0) is 45.1 Å². The summed E-state index contributed by atoms with van der Waals surface area (Å²) in [5, 5.41) is 7.45. The average Bonchev–Trinajstić information content (AvgIpc) is 3.13. The Balaban J connectivity index is 1.37. The Morgan fingerprint density at radius 3 is 2.88 bits per heavy atom. The van der Waals surface area contributed by atoms with Crippen LogP contribution >= 0.6 is 0 Å². The molecule has 0 spiro atoms. The van der Waals surface area contributed by atoms with Gasteiger partial charge in [-0.3, -0.25) is 9.69 Å². The van der Waals surface area contributed by atoms with Gasteiger partial charge in [-0.25, -0.2) is 4.68 Å². The maximum Gasteiger partial charge on any atom is 0.239 e. The fourth-order valence-corrected chi connectivity index (χ4v) is 4.00. The van der Waals surface area contributed by atoms with Gasteiger partial charge in [0.05, 0.1) is 38.0 Å². The van der Waals surface area contributed by atoms with Gasteiger partial charge in [0.25, 0.3) is 0 Å². The number of aromatic nitrogens is 2. The van der Waals surface area contributed by atoms with E-state index in [-0.39, 0.29) is 18.2 Å². The summed E-state index contributed by atoms with van der Waals surface area (Å²) >= 11 is 0. The standard InChI is InChI=1S/C18H28N4O3/c1-13(14-5-6-14)22-16(7-8-19-22)20-17(23)12-21-9-3-2-4-15(21)18-24-10-11-25-18/h7-8,13-15,18H,2-6,9-12H2,1H3,(H,20,23)/t13-,15-/m1/s1. The van der Waals surface area contributed by atoms with Gasteiger partial charge in [-0.15, -0.1) is 0 Å². The number of nitrogens with one attached hydrogen (secondary N) is 1. The van der Waals surface area contributed by atoms with Crippen molar-refractivity contribution < 1.29 is 14.3 Å². The quantitative estimate of drug-likeness (QED) is 0.852. The molecule has 0 aromatic carbocycles. The number of anilines is 1. The van der Waals surface area contributed by atoms with Gasteiger partial charge in [-0.1, -0.05) is 6.42 Å². The number of carbonyl (C=O) groups is 1. The van der Waals surface area contributed by atoms with E-state index in [1.807, 2.05) is 10.7 Å². The maximum absolute atomic E-state index is 12.6. The fraction of sp³-hybridized carbons (Fsp3) is 0.778. The first-order valence-electron chi connectivity index (χ1n) is 9.53. The molecule has 0 radical (unpaired) electrons. The molecule has 4 rings (SSSR count). The molecule has 2 saturated heterocycles. The van der Waals surface area contributed by atoms with E-state index in [4.69, 9.17) is 9.47 Å². The van der Waals surface area contributed by atoms with Crippen LogP contribution in [0.5, 0.6) is 0 Å². The summed E-state index contributed by atoms with van der Waals surface area (Å²) in [7, 11) is 0. The Morgan fingerprint density at radius 2 is 2.12 bits per heavy atom. The summed E-state index contributed by atoms with van der Waals surface area (Å²) < 4.78 is 13.3. The molecule has 2 atom stereocenters. The van der Waals surface area contributed by atoms with Gasteiger partial charge >= 0.3 is 0 Å². The van der Waals surface area contributed by atoms with E-state index >= 15 is 0 Å². The molecule has 25 heavy (non-hydrogen) atoms. The minimum Gasteiger partial charge on any atom is -0.349 e. The third-order valence-electron chi connectivity index (χ3n) is 5.60. The molecule has 1 saturated carbocycles. The Labute approximate surface area is 148 Å². The summed E-state index contributed by atoms with van der Waals surface area (Å²) in [6, 6.07) is 2.40. The molecule has 1 aromatic rings.